The van der Waals surface area contributed by atoms with Crippen LogP contribution in [-0.4, -0.2) is 37.0 Å². The molecule has 1 aromatic rings. The molecule has 0 aliphatic carbocycles. The second-order valence-electron chi connectivity index (χ2n) is 7.98. The fourth-order valence-electron chi connectivity index (χ4n) is 4.72. The number of piperidine rings is 3. The number of fused-ring (bicyclic) bond motifs is 4. The largest absolute Gasteiger partial charge is 0.311 e. The molecule has 1 aromatic carbocycles. The van der Waals surface area contributed by atoms with Crippen LogP contribution in [0.25, 0.3) is 0 Å². The highest BCUT2D eigenvalue weighted by molar-refractivity contribution is 5.96. The van der Waals surface area contributed by atoms with Crippen LogP contribution in [0.5, 0.6) is 0 Å². The van der Waals surface area contributed by atoms with E-state index in [1.807, 2.05) is 4.90 Å². The van der Waals surface area contributed by atoms with Crippen molar-refractivity contribution in [2.24, 2.45) is 11.8 Å². The molecular formula is C19H26N2O. The van der Waals surface area contributed by atoms with Gasteiger partial charge in [-0.3, -0.25) is 4.79 Å². The maximum absolute atomic E-state index is 12.9. The zero-order valence-corrected chi connectivity index (χ0v) is 13.7. The quantitative estimate of drug-likeness (QED) is 0.838. The lowest BCUT2D eigenvalue weighted by molar-refractivity contribution is -0.121. The molecule has 0 N–H and O–H groups in total. The number of para-hydroxylation sites is 1. The van der Waals surface area contributed by atoms with Crippen LogP contribution in [0.2, 0.25) is 0 Å². The predicted molar refractivity (Wildman–Crippen MR) is 89.1 cm³/mol. The van der Waals surface area contributed by atoms with E-state index in [1.165, 1.54) is 31.5 Å². The minimum atomic E-state index is 0.0708. The van der Waals surface area contributed by atoms with Crippen LogP contribution in [0, 0.1) is 11.8 Å². The zero-order chi connectivity index (χ0) is 15.3. The van der Waals surface area contributed by atoms with Crippen molar-refractivity contribution in [3.63, 3.8) is 0 Å². The summed E-state index contributed by atoms with van der Waals surface area (Å²) in [4.78, 5) is 17.5. The van der Waals surface area contributed by atoms with Gasteiger partial charge in [0, 0.05) is 30.6 Å². The average Bonchev–Trinajstić information content (AvgIpc) is 2.81. The summed E-state index contributed by atoms with van der Waals surface area (Å²) in [6.07, 6.45) is 3.31. The Labute approximate surface area is 133 Å². The second-order valence-corrected chi connectivity index (χ2v) is 7.98. The van der Waals surface area contributed by atoms with E-state index in [0.717, 1.165) is 31.1 Å². The summed E-state index contributed by atoms with van der Waals surface area (Å²) in [5, 5.41) is 0. The molecule has 4 aliphatic rings. The molecule has 118 valence electrons. The molecule has 5 rings (SSSR count). The first-order valence-corrected chi connectivity index (χ1v) is 8.67. The number of hydrogen-bond acceptors (Lipinski definition) is 2. The monoisotopic (exact) mass is 298 g/mol. The maximum atomic E-state index is 12.9. The Morgan fingerprint density at radius 3 is 2.64 bits per heavy atom. The molecule has 1 unspecified atom stereocenters. The van der Waals surface area contributed by atoms with Crippen LogP contribution < -0.4 is 4.90 Å². The molecule has 22 heavy (non-hydrogen) atoms. The van der Waals surface area contributed by atoms with Crippen molar-refractivity contribution < 1.29 is 4.79 Å². The van der Waals surface area contributed by atoms with Crippen molar-refractivity contribution >= 4 is 11.6 Å². The normalized spacial score (nSPS) is 32.1. The van der Waals surface area contributed by atoms with Gasteiger partial charge in [-0.25, -0.2) is 0 Å². The first-order chi connectivity index (χ1) is 10.5. The summed E-state index contributed by atoms with van der Waals surface area (Å²) in [5.74, 6) is 1.68. The van der Waals surface area contributed by atoms with Crippen LogP contribution in [0.4, 0.5) is 5.69 Å². The molecule has 0 radical (unpaired) electrons. The number of hydrogen-bond donors (Lipinski definition) is 0. The lowest BCUT2D eigenvalue weighted by Gasteiger charge is -2.45. The molecule has 0 saturated carbocycles. The molecule has 3 heteroatoms. The first-order valence-electron chi connectivity index (χ1n) is 8.67. The van der Waals surface area contributed by atoms with E-state index in [2.05, 4.69) is 43.0 Å². The molecule has 2 bridgehead atoms. The molecular weight excluding hydrogens is 272 g/mol. The Morgan fingerprint density at radius 2 is 1.95 bits per heavy atom. The van der Waals surface area contributed by atoms with Gasteiger partial charge in [0.25, 0.3) is 0 Å². The van der Waals surface area contributed by atoms with Gasteiger partial charge in [-0.15, -0.1) is 0 Å². The van der Waals surface area contributed by atoms with E-state index in [-0.39, 0.29) is 5.41 Å². The Balaban J connectivity index is 1.52. The number of amides is 1. The van der Waals surface area contributed by atoms with Crippen molar-refractivity contribution in [2.75, 3.05) is 31.1 Å². The number of benzene rings is 1. The smallest absolute Gasteiger partial charge is 0.227 e. The molecule has 0 aromatic heterocycles. The zero-order valence-electron chi connectivity index (χ0n) is 13.7. The highest BCUT2D eigenvalue weighted by Crippen LogP contribution is 2.41. The van der Waals surface area contributed by atoms with Crippen molar-refractivity contribution in [1.82, 2.24) is 4.90 Å². The van der Waals surface area contributed by atoms with Gasteiger partial charge in [0.05, 0.1) is 0 Å². The van der Waals surface area contributed by atoms with Gasteiger partial charge in [0.15, 0.2) is 0 Å². The summed E-state index contributed by atoms with van der Waals surface area (Å²) in [6, 6.07) is 8.42. The van der Waals surface area contributed by atoms with Crippen molar-refractivity contribution in [2.45, 2.75) is 38.5 Å². The van der Waals surface area contributed by atoms with Gasteiger partial charge in [-0.05, 0) is 49.4 Å². The summed E-state index contributed by atoms with van der Waals surface area (Å²) >= 11 is 0. The molecule has 1 amide bonds. The third kappa shape index (κ3) is 2.26. The van der Waals surface area contributed by atoms with Crippen LogP contribution in [0.1, 0.15) is 38.7 Å². The van der Waals surface area contributed by atoms with Gasteiger partial charge in [-0.1, -0.05) is 32.0 Å². The average molecular weight is 298 g/mol. The van der Waals surface area contributed by atoms with E-state index < -0.39 is 0 Å². The van der Waals surface area contributed by atoms with Crippen LogP contribution in [-0.2, 0) is 10.2 Å². The van der Waals surface area contributed by atoms with Crippen molar-refractivity contribution in [1.29, 1.82) is 0 Å². The SMILES string of the molecule is CC1(C)CN(C(=O)CC2CN3CCC2CC3)c2ccccc21. The summed E-state index contributed by atoms with van der Waals surface area (Å²) in [7, 11) is 0. The van der Waals surface area contributed by atoms with E-state index in [9.17, 15) is 4.79 Å². The number of carbonyl (C=O) groups excluding carboxylic acids is 1. The molecule has 1 atom stereocenters. The molecule has 4 aliphatic heterocycles. The molecule has 0 spiro atoms. The van der Waals surface area contributed by atoms with E-state index in [1.54, 1.807) is 0 Å². The Bertz CT molecular complexity index is 587. The first kappa shape index (κ1) is 14.3. The summed E-state index contributed by atoms with van der Waals surface area (Å²) in [6.45, 7) is 8.94. The van der Waals surface area contributed by atoms with Crippen LogP contribution >= 0.6 is 0 Å². The minimum Gasteiger partial charge on any atom is -0.311 e. The fourth-order valence-corrected chi connectivity index (χ4v) is 4.72. The van der Waals surface area contributed by atoms with E-state index in [0.29, 0.717) is 11.8 Å². The molecule has 3 saturated heterocycles. The highest BCUT2D eigenvalue weighted by Gasteiger charge is 2.40. The second kappa shape index (κ2) is 5.09. The number of carbonyl (C=O) groups is 1. The van der Waals surface area contributed by atoms with Crippen molar-refractivity contribution in [3.8, 4) is 0 Å². The van der Waals surface area contributed by atoms with Gasteiger partial charge >= 0.3 is 0 Å². The van der Waals surface area contributed by atoms with E-state index in [4.69, 9.17) is 0 Å². The van der Waals surface area contributed by atoms with E-state index >= 15 is 0 Å². The molecule has 3 fully saturated rings. The van der Waals surface area contributed by atoms with Gasteiger partial charge in [0.2, 0.25) is 5.91 Å². The number of nitrogens with zero attached hydrogens (tertiary/aromatic N) is 2. The number of anilines is 1. The molecule has 4 heterocycles. The van der Waals surface area contributed by atoms with Gasteiger partial charge < -0.3 is 9.80 Å². The predicted octanol–water partition coefficient (Wildman–Crippen LogP) is 3.04. The fraction of sp³-hybridized carbons (Fsp3) is 0.632. The third-order valence-electron chi connectivity index (χ3n) is 6.01. The Kier molecular flexibility index (Phi) is 3.30. The topological polar surface area (TPSA) is 23.6 Å². The minimum absolute atomic E-state index is 0.0708. The Morgan fingerprint density at radius 1 is 1.23 bits per heavy atom. The Hall–Kier alpha value is -1.35. The van der Waals surface area contributed by atoms with Crippen LogP contribution in [0.3, 0.4) is 0 Å². The lowest BCUT2D eigenvalue weighted by atomic mass is 9.77. The third-order valence-corrected chi connectivity index (χ3v) is 6.01. The molecule has 3 nitrogen and oxygen atoms in total. The lowest BCUT2D eigenvalue weighted by Crippen LogP contribution is -2.49. The number of rotatable bonds is 2. The van der Waals surface area contributed by atoms with Crippen LogP contribution in [0.15, 0.2) is 24.3 Å². The summed E-state index contributed by atoms with van der Waals surface area (Å²) in [5.41, 5.74) is 2.53. The van der Waals surface area contributed by atoms with Crippen molar-refractivity contribution in [3.05, 3.63) is 29.8 Å². The summed E-state index contributed by atoms with van der Waals surface area (Å²) < 4.78 is 0. The maximum Gasteiger partial charge on any atom is 0.227 e. The van der Waals surface area contributed by atoms with Gasteiger partial charge in [0.1, 0.15) is 0 Å². The highest BCUT2D eigenvalue weighted by atomic mass is 16.2. The standard InChI is InChI=1S/C19H26N2O/c1-19(2)13-21(17-6-4-3-5-16(17)19)18(22)11-15-12-20-9-7-14(15)8-10-20/h3-6,14-15H,7-13H2,1-2H3. The van der Waals surface area contributed by atoms with Gasteiger partial charge in [-0.2, -0.15) is 0 Å².